The first-order chi connectivity index (χ1) is 12.4. The average molecular weight is 403 g/mol. The second-order valence-corrected chi connectivity index (χ2v) is 6.65. The number of carbonyl (C=O) groups excluding carboxylic acids is 2. The van der Waals surface area contributed by atoms with Crippen molar-refractivity contribution in [3.05, 3.63) is 28.0 Å². The summed E-state index contributed by atoms with van der Waals surface area (Å²) in [6.45, 7) is 1.18. The van der Waals surface area contributed by atoms with E-state index in [-0.39, 0.29) is 46.7 Å². The van der Waals surface area contributed by atoms with E-state index in [2.05, 4.69) is 15.6 Å². The maximum absolute atomic E-state index is 12.3. The van der Waals surface area contributed by atoms with Crippen LogP contribution in [-0.2, 0) is 4.79 Å². The Morgan fingerprint density at radius 3 is 2.73 bits per heavy atom. The average Bonchev–Trinajstić information content (AvgIpc) is 3.05. The summed E-state index contributed by atoms with van der Waals surface area (Å²) in [5, 5.41) is 13.8. The molecule has 2 heterocycles. The topological polar surface area (TPSA) is 112 Å². The number of aromatic nitrogens is 1. The first-order valence-electron chi connectivity index (χ1n) is 8.25. The van der Waals surface area contributed by atoms with E-state index in [1.807, 2.05) is 0 Å². The Morgan fingerprint density at radius 2 is 2.04 bits per heavy atom. The van der Waals surface area contributed by atoms with Gasteiger partial charge >= 0.3 is 6.09 Å². The van der Waals surface area contributed by atoms with Crippen LogP contribution in [0.5, 0.6) is 0 Å². The largest absolute Gasteiger partial charge is 0.465 e. The minimum absolute atomic E-state index is 0.0280. The van der Waals surface area contributed by atoms with Gasteiger partial charge in [0.05, 0.1) is 5.56 Å². The highest BCUT2D eigenvalue weighted by Gasteiger charge is 2.28. The molecule has 3 amide bonds. The van der Waals surface area contributed by atoms with Crippen molar-refractivity contribution >= 4 is 41.1 Å². The van der Waals surface area contributed by atoms with Crippen molar-refractivity contribution in [2.45, 2.75) is 31.7 Å². The van der Waals surface area contributed by atoms with E-state index in [0.29, 0.717) is 19.5 Å². The molecule has 0 saturated carbocycles. The summed E-state index contributed by atoms with van der Waals surface area (Å²) in [5.41, 5.74) is 0.228. The lowest BCUT2D eigenvalue weighted by molar-refractivity contribution is -0.132. The fourth-order valence-electron chi connectivity index (χ4n) is 2.84. The zero-order valence-corrected chi connectivity index (χ0v) is 15.5. The van der Waals surface area contributed by atoms with E-state index in [1.165, 1.54) is 12.1 Å². The molecule has 26 heavy (non-hydrogen) atoms. The second kappa shape index (κ2) is 9.59. The minimum Gasteiger partial charge on any atom is -0.465 e. The fourth-order valence-corrected chi connectivity index (χ4v) is 3.27. The van der Waals surface area contributed by atoms with Crippen LogP contribution >= 0.6 is 23.2 Å². The standard InChI is InChI=1S/C16H20Cl2N4O4/c17-12-6-5-11(14(18)21-12)15(24)20-9-10-3-2-8-22(10)13(23)4-1-7-19-16(25)26/h5-6,10,19H,1-4,7-9H2,(H,20,24)(H,25,26). The molecular weight excluding hydrogens is 383 g/mol. The van der Waals surface area contributed by atoms with Gasteiger partial charge in [0.25, 0.3) is 5.91 Å². The summed E-state index contributed by atoms with van der Waals surface area (Å²) in [6, 6.07) is 2.90. The molecule has 142 valence electrons. The third-order valence-corrected chi connectivity index (χ3v) is 4.60. The van der Waals surface area contributed by atoms with Gasteiger partial charge in [0.15, 0.2) is 0 Å². The number of hydrogen-bond donors (Lipinski definition) is 3. The minimum atomic E-state index is -1.10. The lowest BCUT2D eigenvalue weighted by atomic mass is 10.2. The zero-order chi connectivity index (χ0) is 19.1. The first kappa shape index (κ1) is 20.3. The maximum atomic E-state index is 12.3. The molecule has 0 spiro atoms. The molecule has 1 unspecified atom stereocenters. The molecule has 1 saturated heterocycles. The zero-order valence-electron chi connectivity index (χ0n) is 14.0. The second-order valence-electron chi connectivity index (χ2n) is 5.90. The van der Waals surface area contributed by atoms with Crippen LogP contribution < -0.4 is 10.6 Å². The molecule has 1 aromatic heterocycles. The summed E-state index contributed by atoms with van der Waals surface area (Å²) >= 11 is 11.6. The van der Waals surface area contributed by atoms with E-state index in [4.69, 9.17) is 28.3 Å². The van der Waals surface area contributed by atoms with E-state index >= 15 is 0 Å². The Balaban J connectivity index is 1.83. The van der Waals surface area contributed by atoms with Crippen LogP contribution in [0.4, 0.5) is 4.79 Å². The van der Waals surface area contributed by atoms with Crippen LogP contribution in [-0.4, -0.2) is 58.6 Å². The highest BCUT2D eigenvalue weighted by Crippen LogP contribution is 2.19. The van der Waals surface area contributed by atoms with Gasteiger partial charge < -0.3 is 20.6 Å². The number of halogens is 2. The van der Waals surface area contributed by atoms with Gasteiger partial charge in [-0.2, -0.15) is 0 Å². The van der Waals surface area contributed by atoms with Gasteiger partial charge in [-0.1, -0.05) is 23.2 Å². The monoisotopic (exact) mass is 402 g/mol. The van der Waals surface area contributed by atoms with Crippen LogP contribution in [0, 0.1) is 0 Å². The Morgan fingerprint density at radius 1 is 1.27 bits per heavy atom. The van der Waals surface area contributed by atoms with Crippen LogP contribution in [0.3, 0.4) is 0 Å². The molecule has 0 aliphatic carbocycles. The molecule has 8 nitrogen and oxygen atoms in total. The number of carbonyl (C=O) groups is 3. The van der Waals surface area contributed by atoms with Gasteiger partial charge in [-0.05, 0) is 31.4 Å². The van der Waals surface area contributed by atoms with E-state index < -0.39 is 6.09 Å². The molecular formula is C16H20Cl2N4O4. The van der Waals surface area contributed by atoms with E-state index in [0.717, 1.165) is 12.8 Å². The summed E-state index contributed by atoms with van der Waals surface area (Å²) < 4.78 is 0. The molecule has 1 atom stereocenters. The van der Waals surface area contributed by atoms with Crippen LogP contribution in [0.2, 0.25) is 10.3 Å². The molecule has 0 bridgehead atoms. The predicted molar refractivity (Wildman–Crippen MR) is 96.6 cm³/mol. The quantitative estimate of drug-likeness (QED) is 0.477. The maximum Gasteiger partial charge on any atom is 0.404 e. The smallest absolute Gasteiger partial charge is 0.404 e. The van der Waals surface area contributed by atoms with Crippen molar-refractivity contribution in [3.63, 3.8) is 0 Å². The van der Waals surface area contributed by atoms with Crippen molar-refractivity contribution in [2.24, 2.45) is 0 Å². The van der Waals surface area contributed by atoms with Crippen molar-refractivity contribution in [1.29, 1.82) is 0 Å². The fraction of sp³-hybridized carbons (Fsp3) is 0.500. The van der Waals surface area contributed by atoms with Gasteiger partial charge in [0, 0.05) is 32.1 Å². The van der Waals surface area contributed by atoms with Crippen LogP contribution in [0.15, 0.2) is 12.1 Å². The Labute approximate surface area is 160 Å². The van der Waals surface area contributed by atoms with E-state index in [9.17, 15) is 14.4 Å². The number of pyridine rings is 1. The van der Waals surface area contributed by atoms with E-state index in [1.54, 1.807) is 4.90 Å². The molecule has 1 aromatic rings. The van der Waals surface area contributed by atoms with Crippen molar-refractivity contribution in [1.82, 2.24) is 20.5 Å². The number of amides is 3. The van der Waals surface area contributed by atoms with Gasteiger partial charge in [-0.3, -0.25) is 9.59 Å². The Kier molecular flexibility index (Phi) is 7.47. The van der Waals surface area contributed by atoms with Crippen LogP contribution in [0.25, 0.3) is 0 Å². The summed E-state index contributed by atoms with van der Waals surface area (Å²) in [7, 11) is 0. The lowest BCUT2D eigenvalue weighted by Crippen LogP contribution is -2.43. The third-order valence-electron chi connectivity index (χ3n) is 4.10. The number of carboxylic acid groups (broad SMARTS) is 1. The number of nitrogens with zero attached hydrogens (tertiary/aromatic N) is 2. The van der Waals surface area contributed by atoms with Gasteiger partial charge in [-0.15, -0.1) is 0 Å². The Bertz CT molecular complexity index is 686. The summed E-state index contributed by atoms with van der Waals surface area (Å²) in [4.78, 5) is 40.5. The summed E-state index contributed by atoms with van der Waals surface area (Å²) in [6.07, 6.45) is 1.26. The molecule has 1 aliphatic heterocycles. The molecule has 2 rings (SSSR count). The highest BCUT2D eigenvalue weighted by molar-refractivity contribution is 6.34. The van der Waals surface area contributed by atoms with Crippen molar-refractivity contribution < 1.29 is 19.5 Å². The van der Waals surface area contributed by atoms with Crippen molar-refractivity contribution in [2.75, 3.05) is 19.6 Å². The predicted octanol–water partition coefficient (Wildman–Crippen LogP) is 2.16. The summed E-state index contributed by atoms with van der Waals surface area (Å²) in [5.74, 6) is -0.413. The Hall–Kier alpha value is -2.06. The molecule has 0 aromatic carbocycles. The van der Waals surface area contributed by atoms with Crippen molar-refractivity contribution in [3.8, 4) is 0 Å². The number of nitrogens with one attached hydrogen (secondary N) is 2. The molecule has 1 aliphatic rings. The first-order valence-corrected chi connectivity index (χ1v) is 9.00. The van der Waals surface area contributed by atoms with Gasteiger partial charge in [0.1, 0.15) is 10.3 Å². The van der Waals surface area contributed by atoms with Gasteiger partial charge in [0.2, 0.25) is 5.91 Å². The lowest BCUT2D eigenvalue weighted by Gasteiger charge is -2.25. The molecule has 10 heteroatoms. The third kappa shape index (κ3) is 5.74. The highest BCUT2D eigenvalue weighted by atomic mass is 35.5. The number of rotatable bonds is 7. The number of hydrogen-bond acceptors (Lipinski definition) is 4. The van der Waals surface area contributed by atoms with Gasteiger partial charge in [-0.25, -0.2) is 9.78 Å². The SMILES string of the molecule is O=C(O)NCCCC(=O)N1CCCC1CNC(=O)c1ccc(Cl)nc1Cl. The molecule has 3 N–H and O–H groups in total. The van der Waals surface area contributed by atoms with Crippen LogP contribution in [0.1, 0.15) is 36.0 Å². The normalized spacial score (nSPS) is 16.4. The number of likely N-dealkylation sites (tertiary alicyclic amines) is 1. The molecule has 0 radical (unpaired) electrons. The molecule has 1 fully saturated rings.